The quantitative estimate of drug-likeness (QED) is 0.803. The molecule has 0 aliphatic heterocycles. The molecule has 0 saturated heterocycles. The Morgan fingerprint density at radius 3 is 1.25 bits per heavy atom. The smallest absolute Gasteiger partial charge is 0.115 e. The first kappa shape index (κ1) is 13.9. The van der Waals surface area contributed by atoms with E-state index in [0.29, 0.717) is 0 Å². The Morgan fingerprint density at radius 1 is 0.650 bits per heavy atom. The highest BCUT2D eigenvalue weighted by Gasteiger charge is 2.04. The van der Waals surface area contributed by atoms with E-state index < -0.39 is 0 Å². The Hall–Kier alpha value is -2.48. The van der Waals surface area contributed by atoms with E-state index in [1.165, 1.54) is 0 Å². The van der Waals surface area contributed by atoms with Crippen LogP contribution in [-0.4, -0.2) is 10.2 Å². The van der Waals surface area contributed by atoms with Gasteiger partial charge in [-0.1, -0.05) is 37.4 Å². The third-order valence-electron chi connectivity index (χ3n) is 3.21. The van der Waals surface area contributed by atoms with E-state index in [-0.39, 0.29) is 11.5 Å². The van der Waals surface area contributed by atoms with Crippen molar-refractivity contribution in [2.24, 2.45) is 0 Å². The van der Waals surface area contributed by atoms with Crippen LogP contribution in [0.15, 0.2) is 72.8 Å². The minimum atomic E-state index is 0.266. The van der Waals surface area contributed by atoms with Crippen LogP contribution in [0.2, 0.25) is 0 Å². The monoisotopic (exact) mass is 266 g/mol. The molecule has 2 N–H and O–H groups in total. The van der Waals surface area contributed by atoms with Gasteiger partial charge in [0.2, 0.25) is 0 Å². The van der Waals surface area contributed by atoms with Crippen molar-refractivity contribution < 1.29 is 10.2 Å². The lowest BCUT2D eigenvalue weighted by Gasteiger charge is -2.10. The molecule has 0 fully saturated rings. The van der Waals surface area contributed by atoms with Crippen LogP contribution in [0.3, 0.4) is 0 Å². The van der Waals surface area contributed by atoms with E-state index in [1.807, 2.05) is 24.3 Å². The Kier molecular flexibility index (Phi) is 4.26. The highest BCUT2D eigenvalue weighted by Crippen LogP contribution is 2.20. The van der Waals surface area contributed by atoms with Gasteiger partial charge >= 0.3 is 0 Å². The van der Waals surface area contributed by atoms with E-state index in [4.69, 9.17) is 0 Å². The summed E-state index contributed by atoms with van der Waals surface area (Å²) < 4.78 is 0. The first-order chi connectivity index (χ1) is 9.54. The molecule has 2 aromatic carbocycles. The highest BCUT2D eigenvalue weighted by molar-refractivity contribution is 5.38. The molecule has 0 heterocycles. The van der Waals surface area contributed by atoms with Gasteiger partial charge < -0.3 is 10.2 Å². The molecule has 0 unspecified atom stereocenters. The van der Waals surface area contributed by atoms with Crippen molar-refractivity contribution in [2.45, 2.75) is 12.8 Å². The van der Waals surface area contributed by atoms with Crippen LogP contribution >= 0.6 is 0 Å². The molecule has 2 heteroatoms. The summed E-state index contributed by atoms with van der Waals surface area (Å²) in [6, 6.07) is 14.2. The summed E-state index contributed by atoms with van der Waals surface area (Å²) in [6.45, 7) is 8.15. The summed E-state index contributed by atoms with van der Waals surface area (Å²) in [7, 11) is 0. The first-order valence-electron chi connectivity index (χ1n) is 6.46. The number of hydrogen-bond donors (Lipinski definition) is 2. The second-order valence-electron chi connectivity index (χ2n) is 4.89. The zero-order chi connectivity index (χ0) is 14.5. The van der Waals surface area contributed by atoms with Crippen LogP contribution < -0.4 is 0 Å². The molecule has 2 aromatic rings. The van der Waals surface area contributed by atoms with E-state index >= 15 is 0 Å². The molecule has 0 spiro atoms. The van der Waals surface area contributed by atoms with Gasteiger partial charge in [0, 0.05) is 0 Å². The lowest BCUT2D eigenvalue weighted by Crippen LogP contribution is -1.96. The standard InChI is InChI=1S/C18H18O2/c1-13(11-15-3-7-17(19)8-4-15)14(2)12-16-5-9-18(20)10-6-16/h3-10,19-20H,1-2,11-12H2. The van der Waals surface area contributed by atoms with Gasteiger partial charge in [-0.3, -0.25) is 0 Å². The Balaban J connectivity index is 1.96. The largest absolute Gasteiger partial charge is 0.508 e. The van der Waals surface area contributed by atoms with Crippen LogP contribution in [0, 0.1) is 0 Å². The molecule has 0 aromatic heterocycles. The average molecular weight is 266 g/mol. The molecule has 0 amide bonds. The van der Waals surface area contributed by atoms with Crippen LogP contribution in [0.25, 0.3) is 0 Å². The zero-order valence-corrected chi connectivity index (χ0v) is 11.3. The third kappa shape index (κ3) is 3.75. The second-order valence-corrected chi connectivity index (χ2v) is 4.89. The van der Waals surface area contributed by atoms with Gasteiger partial charge in [0.25, 0.3) is 0 Å². The van der Waals surface area contributed by atoms with Crippen LogP contribution in [0.4, 0.5) is 0 Å². The van der Waals surface area contributed by atoms with E-state index in [2.05, 4.69) is 13.2 Å². The Morgan fingerprint density at radius 2 is 0.950 bits per heavy atom. The number of phenolic OH excluding ortho intramolecular Hbond substituents is 2. The number of allylic oxidation sites excluding steroid dienone is 2. The molecule has 0 saturated carbocycles. The van der Waals surface area contributed by atoms with Gasteiger partial charge in [-0.15, -0.1) is 0 Å². The fourth-order valence-electron chi connectivity index (χ4n) is 1.97. The molecule has 102 valence electrons. The van der Waals surface area contributed by atoms with Gasteiger partial charge in [-0.25, -0.2) is 0 Å². The zero-order valence-electron chi connectivity index (χ0n) is 11.3. The first-order valence-corrected chi connectivity index (χ1v) is 6.46. The highest BCUT2D eigenvalue weighted by atomic mass is 16.3. The maximum absolute atomic E-state index is 9.26. The van der Waals surface area contributed by atoms with Crippen LogP contribution in [0.5, 0.6) is 11.5 Å². The molecular formula is C18H18O2. The molecule has 2 nitrogen and oxygen atoms in total. The summed E-state index contributed by atoms with van der Waals surface area (Å²) in [6.07, 6.45) is 1.44. The van der Waals surface area contributed by atoms with Crippen molar-refractivity contribution in [1.82, 2.24) is 0 Å². The SMILES string of the molecule is C=C(Cc1ccc(O)cc1)C(=C)Cc1ccc(O)cc1. The summed E-state index contributed by atoms with van der Waals surface area (Å²) >= 11 is 0. The summed E-state index contributed by atoms with van der Waals surface area (Å²) in [5.74, 6) is 0.532. The Labute approximate surface area is 119 Å². The normalized spacial score (nSPS) is 10.2. The van der Waals surface area contributed by atoms with Crippen molar-refractivity contribution >= 4 is 0 Å². The van der Waals surface area contributed by atoms with Crippen LogP contribution in [-0.2, 0) is 12.8 Å². The fraction of sp³-hybridized carbons (Fsp3) is 0.111. The van der Waals surface area contributed by atoms with Gasteiger partial charge in [-0.05, 0) is 59.4 Å². The minimum Gasteiger partial charge on any atom is -0.508 e. The number of benzene rings is 2. The Bertz CT molecular complexity index is 549. The molecule has 0 aliphatic rings. The predicted molar refractivity (Wildman–Crippen MR) is 81.9 cm³/mol. The summed E-state index contributed by atoms with van der Waals surface area (Å²) in [4.78, 5) is 0. The minimum absolute atomic E-state index is 0.266. The molecule has 20 heavy (non-hydrogen) atoms. The predicted octanol–water partition coefficient (Wildman–Crippen LogP) is 4.00. The van der Waals surface area contributed by atoms with E-state index in [9.17, 15) is 10.2 Å². The topological polar surface area (TPSA) is 40.5 Å². The van der Waals surface area contributed by atoms with Gasteiger partial charge in [-0.2, -0.15) is 0 Å². The van der Waals surface area contributed by atoms with Gasteiger partial charge in [0.05, 0.1) is 0 Å². The van der Waals surface area contributed by atoms with Crippen molar-refractivity contribution in [3.05, 3.63) is 84.0 Å². The van der Waals surface area contributed by atoms with E-state index in [0.717, 1.165) is 35.1 Å². The molecule has 2 rings (SSSR count). The van der Waals surface area contributed by atoms with E-state index in [1.54, 1.807) is 24.3 Å². The number of aromatic hydroxyl groups is 2. The van der Waals surface area contributed by atoms with Crippen molar-refractivity contribution in [1.29, 1.82) is 0 Å². The second kappa shape index (κ2) is 6.11. The number of hydrogen-bond acceptors (Lipinski definition) is 2. The maximum Gasteiger partial charge on any atom is 0.115 e. The molecular weight excluding hydrogens is 248 g/mol. The van der Waals surface area contributed by atoms with Crippen molar-refractivity contribution in [3.8, 4) is 11.5 Å². The lowest BCUT2D eigenvalue weighted by molar-refractivity contribution is 0.474. The van der Waals surface area contributed by atoms with Crippen molar-refractivity contribution in [3.63, 3.8) is 0 Å². The average Bonchev–Trinajstić information content (AvgIpc) is 2.44. The molecule has 0 atom stereocenters. The maximum atomic E-state index is 9.26. The van der Waals surface area contributed by atoms with Gasteiger partial charge in [0.15, 0.2) is 0 Å². The molecule has 0 bridgehead atoms. The van der Waals surface area contributed by atoms with Crippen LogP contribution in [0.1, 0.15) is 11.1 Å². The third-order valence-corrected chi connectivity index (χ3v) is 3.21. The van der Waals surface area contributed by atoms with Crippen molar-refractivity contribution in [2.75, 3.05) is 0 Å². The number of rotatable bonds is 5. The van der Waals surface area contributed by atoms with Gasteiger partial charge in [0.1, 0.15) is 11.5 Å². The summed E-state index contributed by atoms with van der Waals surface area (Å²) in [5, 5.41) is 18.5. The lowest BCUT2D eigenvalue weighted by atomic mass is 9.95. The number of phenols is 2. The summed E-state index contributed by atoms with van der Waals surface area (Å²) in [5.41, 5.74) is 4.15. The molecule has 0 aliphatic carbocycles. The fourth-order valence-corrected chi connectivity index (χ4v) is 1.97. The molecule has 0 radical (unpaired) electrons.